The Hall–Kier alpha value is -0.160. The summed E-state index contributed by atoms with van der Waals surface area (Å²) in [7, 11) is 1.74. The van der Waals surface area contributed by atoms with E-state index in [0.29, 0.717) is 0 Å². The van der Waals surface area contributed by atoms with Gasteiger partial charge in [0, 0.05) is 7.11 Å². The van der Waals surface area contributed by atoms with Crippen molar-refractivity contribution >= 4 is 0 Å². The third-order valence-corrected chi connectivity index (χ3v) is 2.41. The normalized spacial score (nSPS) is 28.4. The van der Waals surface area contributed by atoms with Crippen LogP contribution in [-0.4, -0.2) is 50.3 Å². The highest BCUT2D eigenvalue weighted by Gasteiger charge is 2.36. The van der Waals surface area contributed by atoms with E-state index < -0.39 is 0 Å². The monoisotopic (exact) mass is 190 g/mol. The first-order valence-electron chi connectivity index (χ1n) is 4.61. The molecule has 2 aliphatic heterocycles. The van der Waals surface area contributed by atoms with Crippen LogP contribution in [0.2, 0.25) is 0 Å². The van der Waals surface area contributed by atoms with Crippen LogP contribution >= 0.6 is 0 Å². The lowest BCUT2D eigenvalue weighted by molar-refractivity contribution is -0.196. The number of epoxide rings is 1. The van der Waals surface area contributed by atoms with E-state index in [1.54, 1.807) is 7.11 Å². The van der Waals surface area contributed by atoms with Gasteiger partial charge in [-0.2, -0.15) is 0 Å². The second-order valence-corrected chi connectivity index (χ2v) is 3.37. The van der Waals surface area contributed by atoms with Gasteiger partial charge >= 0.3 is 0 Å². The molecule has 2 fully saturated rings. The van der Waals surface area contributed by atoms with Gasteiger partial charge < -0.3 is 19.3 Å². The third-order valence-electron chi connectivity index (χ3n) is 2.41. The van der Waals surface area contributed by atoms with E-state index >= 15 is 0 Å². The molecule has 0 aromatic heterocycles. The molecule has 4 heteroatoms. The number of methoxy groups -OCH3 is 1. The van der Waals surface area contributed by atoms with E-state index in [4.69, 9.17) is 14.6 Å². The molecule has 1 N–H and O–H groups in total. The summed E-state index contributed by atoms with van der Waals surface area (Å²) >= 11 is 0. The Kier molecular flexibility index (Phi) is 4.12. The Morgan fingerprint density at radius 2 is 2.15 bits per heavy atom. The number of hydrogen-bond acceptors (Lipinski definition) is 4. The lowest BCUT2D eigenvalue weighted by Crippen LogP contribution is -2.50. The minimum absolute atomic E-state index is 0.0833. The van der Waals surface area contributed by atoms with Gasteiger partial charge in [0.25, 0.3) is 0 Å². The summed E-state index contributed by atoms with van der Waals surface area (Å²) < 4.78 is 14.8. The van der Waals surface area contributed by atoms with Gasteiger partial charge in [-0.15, -0.1) is 0 Å². The number of hydrogen-bond donors (Lipinski definition) is 1. The van der Waals surface area contributed by atoms with E-state index in [1.807, 2.05) is 0 Å². The molecule has 0 radical (unpaired) electrons. The SMILES string of the molecule is CCC1(OC)COC1.OCC1CO1. The molecule has 0 amide bonds. The Balaban J connectivity index is 0.000000145. The van der Waals surface area contributed by atoms with Crippen molar-refractivity contribution in [3.63, 3.8) is 0 Å². The molecule has 1 unspecified atom stereocenters. The van der Waals surface area contributed by atoms with Gasteiger partial charge in [0.2, 0.25) is 0 Å². The van der Waals surface area contributed by atoms with Crippen molar-refractivity contribution in [2.24, 2.45) is 0 Å². The minimum atomic E-state index is 0.0833. The Labute approximate surface area is 78.8 Å². The summed E-state index contributed by atoms with van der Waals surface area (Å²) in [5, 5.41) is 8.08. The first-order valence-corrected chi connectivity index (χ1v) is 4.61. The van der Waals surface area contributed by atoms with Crippen molar-refractivity contribution in [3.8, 4) is 0 Å². The lowest BCUT2D eigenvalue weighted by Gasteiger charge is -2.39. The smallest absolute Gasteiger partial charge is 0.114 e. The zero-order chi connectivity index (χ0) is 9.73. The van der Waals surface area contributed by atoms with E-state index in [9.17, 15) is 0 Å². The van der Waals surface area contributed by atoms with Gasteiger partial charge in [-0.05, 0) is 6.42 Å². The molecule has 2 heterocycles. The van der Waals surface area contributed by atoms with Crippen LogP contribution < -0.4 is 0 Å². The molecular formula is C9H18O4. The van der Waals surface area contributed by atoms with Crippen molar-refractivity contribution < 1.29 is 19.3 Å². The van der Waals surface area contributed by atoms with Crippen LogP contribution in [0.25, 0.3) is 0 Å². The van der Waals surface area contributed by atoms with Crippen LogP contribution in [0.5, 0.6) is 0 Å². The van der Waals surface area contributed by atoms with Gasteiger partial charge in [0.05, 0.1) is 26.4 Å². The highest BCUT2D eigenvalue weighted by atomic mass is 16.6. The predicted octanol–water partition coefficient (Wildman–Crippen LogP) is 0.189. The predicted molar refractivity (Wildman–Crippen MR) is 47.7 cm³/mol. The van der Waals surface area contributed by atoms with Crippen LogP contribution in [0.1, 0.15) is 13.3 Å². The fourth-order valence-electron chi connectivity index (χ4n) is 0.969. The number of rotatable bonds is 3. The van der Waals surface area contributed by atoms with Crippen LogP contribution in [0, 0.1) is 0 Å². The van der Waals surface area contributed by atoms with Crippen molar-refractivity contribution in [2.75, 3.05) is 33.5 Å². The van der Waals surface area contributed by atoms with Gasteiger partial charge in [-0.25, -0.2) is 0 Å². The molecular weight excluding hydrogens is 172 g/mol. The molecule has 1 atom stereocenters. The molecule has 2 aliphatic rings. The summed E-state index contributed by atoms with van der Waals surface area (Å²) in [6.45, 7) is 4.63. The minimum Gasteiger partial charge on any atom is -0.394 e. The Morgan fingerprint density at radius 3 is 2.15 bits per heavy atom. The quantitative estimate of drug-likeness (QED) is 0.645. The van der Waals surface area contributed by atoms with E-state index in [2.05, 4.69) is 11.7 Å². The summed E-state index contributed by atoms with van der Waals surface area (Å²) in [6, 6.07) is 0. The molecule has 0 bridgehead atoms. The zero-order valence-corrected chi connectivity index (χ0v) is 8.28. The summed E-state index contributed by atoms with van der Waals surface area (Å²) in [5.74, 6) is 0. The van der Waals surface area contributed by atoms with Crippen LogP contribution in [0.15, 0.2) is 0 Å². The maximum atomic E-state index is 8.08. The van der Waals surface area contributed by atoms with Gasteiger partial charge in [-0.3, -0.25) is 0 Å². The van der Waals surface area contributed by atoms with Gasteiger partial charge in [-0.1, -0.05) is 6.92 Å². The topological polar surface area (TPSA) is 51.2 Å². The summed E-state index contributed by atoms with van der Waals surface area (Å²) in [4.78, 5) is 0. The van der Waals surface area contributed by atoms with Crippen molar-refractivity contribution in [1.82, 2.24) is 0 Å². The van der Waals surface area contributed by atoms with E-state index in [0.717, 1.165) is 26.2 Å². The molecule has 13 heavy (non-hydrogen) atoms. The third kappa shape index (κ3) is 3.23. The second kappa shape index (κ2) is 4.91. The molecule has 4 nitrogen and oxygen atoms in total. The largest absolute Gasteiger partial charge is 0.394 e. The summed E-state index contributed by atoms with van der Waals surface area (Å²) in [5.41, 5.74) is 0.0833. The Bertz CT molecular complexity index is 127. The van der Waals surface area contributed by atoms with Crippen LogP contribution in [0.4, 0.5) is 0 Å². The van der Waals surface area contributed by atoms with E-state index in [-0.39, 0.29) is 18.3 Å². The molecule has 2 rings (SSSR count). The van der Waals surface area contributed by atoms with E-state index in [1.165, 1.54) is 0 Å². The zero-order valence-electron chi connectivity index (χ0n) is 8.28. The van der Waals surface area contributed by atoms with Crippen molar-refractivity contribution in [1.29, 1.82) is 0 Å². The van der Waals surface area contributed by atoms with Crippen molar-refractivity contribution in [3.05, 3.63) is 0 Å². The molecule has 0 aliphatic carbocycles. The Morgan fingerprint density at radius 1 is 1.54 bits per heavy atom. The molecule has 0 aromatic carbocycles. The second-order valence-electron chi connectivity index (χ2n) is 3.37. The first-order chi connectivity index (χ1) is 6.26. The maximum absolute atomic E-state index is 8.08. The standard InChI is InChI=1S/C6H12O2.C3H6O2/c1-3-6(7-2)4-8-5-6;4-1-3-2-5-3/h3-5H2,1-2H3;3-4H,1-2H2. The average molecular weight is 190 g/mol. The number of aliphatic hydroxyl groups is 1. The average Bonchev–Trinajstić information content (AvgIpc) is 2.88. The highest BCUT2D eigenvalue weighted by Crippen LogP contribution is 2.23. The molecule has 0 saturated carbocycles. The van der Waals surface area contributed by atoms with Crippen LogP contribution in [-0.2, 0) is 14.2 Å². The van der Waals surface area contributed by atoms with Gasteiger partial charge in [0.1, 0.15) is 11.7 Å². The number of aliphatic hydroxyl groups excluding tert-OH is 1. The van der Waals surface area contributed by atoms with Crippen LogP contribution in [0.3, 0.4) is 0 Å². The van der Waals surface area contributed by atoms with Gasteiger partial charge in [0.15, 0.2) is 0 Å². The van der Waals surface area contributed by atoms with Crippen molar-refractivity contribution in [2.45, 2.75) is 25.0 Å². The fourth-order valence-corrected chi connectivity index (χ4v) is 0.969. The lowest BCUT2D eigenvalue weighted by atomic mass is 9.99. The molecule has 2 saturated heterocycles. The molecule has 0 spiro atoms. The molecule has 78 valence electrons. The number of ether oxygens (including phenoxy) is 3. The maximum Gasteiger partial charge on any atom is 0.114 e. The molecule has 0 aromatic rings. The summed E-state index contributed by atoms with van der Waals surface area (Å²) in [6.07, 6.45) is 1.25. The first kappa shape index (κ1) is 10.9. The fraction of sp³-hybridized carbons (Fsp3) is 1.00. The highest BCUT2D eigenvalue weighted by molar-refractivity contribution is 4.85.